The fourth-order valence-corrected chi connectivity index (χ4v) is 1.98. The molecule has 20 heavy (non-hydrogen) atoms. The van der Waals surface area contributed by atoms with Gasteiger partial charge in [-0.25, -0.2) is 0 Å². The number of rotatable bonds is 6. The van der Waals surface area contributed by atoms with E-state index < -0.39 is 0 Å². The molecule has 0 saturated carbocycles. The summed E-state index contributed by atoms with van der Waals surface area (Å²) in [6.07, 6.45) is 1.43. The largest absolute Gasteiger partial charge is 0.455 e. The van der Waals surface area contributed by atoms with Crippen molar-refractivity contribution in [2.24, 2.45) is 5.92 Å². The fourth-order valence-electron chi connectivity index (χ4n) is 1.81. The van der Waals surface area contributed by atoms with Crippen LogP contribution in [-0.4, -0.2) is 18.5 Å². The second kappa shape index (κ2) is 7.90. The molecule has 0 bridgehead atoms. The van der Waals surface area contributed by atoms with Crippen molar-refractivity contribution in [3.63, 3.8) is 0 Å². The van der Waals surface area contributed by atoms with Crippen molar-refractivity contribution in [2.75, 3.05) is 11.9 Å². The molecule has 0 aliphatic rings. The lowest BCUT2D eigenvalue weighted by Gasteiger charge is -2.13. The van der Waals surface area contributed by atoms with E-state index in [-0.39, 0.29) is 24.4 Å². The maximum atomic E-state index is 11.7. The van der Waals surface area contributed by atoms with E-state index in [2.05, 4.69) is 5.32 Å². The van der Waals surface area contributed by atoms with E-state index >= 15 is 0 Å². The molecule has 0 radical (unpaired) electrons. The minimum atomic E-state index is -0.366. The Morgan fingerprint density at radius 2 is 1.95 bits per heavy atom. The Morgan fingerprint density at radius 1 is 1.30 bits per heavy atom. The number of benzene rings is 1. The summed E-state index contributed by atoms with van der Waals surface area (Å²) in [6.45, 7) is 5.38. The van der Waals surface area contributed by atoms with E-state index in [1.54, 1.807) is 18.2 Å². The zero-order valence-electron chi connectivity index (χ0n) is 12.0. The normalized spacial score (nSPS) is 10.4. The molecule has 5 heteroatoms. The molecule has 4 nitrogen and oxygen atoms in total. The van der Waals surface area contributed by atoms with Crippen LogP contribution >= 0.6 is 11.6 Å². The van der Waals surface area contributed by atoms with Gasteiger partial charge in [0.1, 0.15) is 0 Å². The summed E-state index contributed by atoms with van der Waals surface area (Å²) >= 11 is 5.97. The van der Waals surface area contributed by atoms with Gasteiger partial charge in [0.25, 0.3) is 5.91 Å². The highest BCUT2D eigenvalue weighted by Gasteiger charge is 2.17. The first-order chi connectivity index (χ1) is 9.49. The number of hydrogen-bond acceptors (Lipinski definition) is 3. The van der Waals surface area contributed by atoms with E-state index in [1.807, 2.05) is 20.8 Å². The topological polar surface area (TPSA) is 55.4 Å². The van der Waals surface area contributed by atoms with Gasteiger partial charge < -0.3 is 10.1 Å². The van der Waals surface area contributed by atoms with Crippen LogP contribution in [0.25, 0.3) is 0 Å². The van der Waals surface area contributed by atoms with E-state index in [0.717, 1.165) is 5.56 Å². The van der Waals surface area contributed by atoms with Gasteiger partial charge in [0.15, 0.2) is 6.61 Å². The first-order valence-electron chi connectivity index (χ1n) is 6.71. The molecule has 0 aliphatic carbocycles. The number of esters is 1. The van der Waals surface area contributed by atoms with Gasteiger partial charge in [-0.1, -0.05) is 31.5 Å². The Labute approximate surface area is 124 Å². The van der Waals surface area contributed by atoms with E-state index in [9.17, 15) is 9.59 Å². The third kappa shape index (κ3) is 4.53. The predicted octanol–water partition coefficient (Wildman–Crippen LogP) is 3.57. The summed E-state index contributed by atoms with van der Waals surface area (Å²) < 4.78 is 5.01. The van der Waals surface area contributed by atoms with E-state index in [0.29, 0.717) is 23.6 Å². The quantitative estimate of drug-likeness (QED) is 0.817. The summed E-state index contributed by atoms with van der Waals surface area (Å²) in [5, 5.41) is 3.26. The summed E-state index contributed by atoms with van der Waals surface area (Å²) in [7, 11) is 0. The van der Waals surface area contributed by atoms with Gasteiger partial charge in [0.05, 0.1) is 5.92 Å². The smallest absolute Gasteiger partial charge is 0.309 e. The number of nitrogens with one attached hydrogen (secondary N) is 1. The molecule has 1 rings (SSSR count). The van der Waals surface area contributed by atoms with Crippen LogP contribution in [0.15, 0.2) is 18.2 Å². The summed E-state index contributed by atoms with van der Waals surface area (Å²) in [4.78, 5) is 23.4. The molecule has 0 aromatic heterocycles. The summed E-state index contributed by atoms with van der Waals surface area (Å²) in [5.41, 5.74) is 1.41. The number of hydrogen-bond donors (Lipinski definition) is 1. The number of carbonyl (C=O) groups is 2. The molecular weight excluding hydrogens is 278 g/mol. The molecule has 1 aromatic rings. The molecule has 1 N–H and O–H groups in total. The number of amides is 1. The van der Waals surface area contributed by atoms with Gasteiger partial charge in [-0.2, -0.15) is 0 Å². The zero-order chi connectivity index (χ0) is 15.1. The van der Waals surface area contributed by atoms with Crippen molar-refractivity contribution in [2.45, 2.75) is 33.6 Å². The Balaban J connectivity index is 2.52. The summed E-state index contributed by atoms with van der Waals surface area (Å²) in [5.74, 6) is -0.835. The minimum Gasteiger partial charge on any atom is -0.455 e. The first-order valence-corrected chi connectivity index (χ1v) is 7.08. The van der Waals surface area contributed by atoms with Crippen molar-refractivity contribution in [3.05, 3.63) is 28.8 Å². The average Bonchev–Trinajstić information content (AvgIpc) is 2.43. The maximum Gasteiger partial charge on any atom is 0.309 e. The minimum absolute atomic E-state index is 0.143. The van der Waals surface area contributed by atoms with Gasteiger partial charge >= 0.3 is 5.97 Å². The van der Waals surface area contributed by atoms with Crippen molar-refractivity contribution < 1.29 is 14.3 Å². The zero-order valence-corrected chi connectivity index (χ0v) is 12.8. The third-order valence-electron chi connectivity index (χ3n) is 3.21. The lowest BCUT2D eigenvalue weighted by Crippen LogP contribution is -2.24. The van der Waals surface area contributed by atoms with Crippen molar-refractivity contribution >= 4 is 29.2 Å². The highest BCUT2D eigenvalue weighted by molar-refractivity contribution is 6.31. The predicted molar refractivity (Wildman–Crippen MR) is 79.8 cm³/mol. The number of anilines is 1. The van der Waals surface area contributed by atoms with Crippen LogP contribution in [0.1, 0.15) is 32.3 Å². The van der Waals surface area contributed by atoms with Gasteiger partial charge in [0, 0.05) is 10.7 Å². The Bertz CT molecular complexity index is 484. The highest BCUT2D eigenvalue weighted by atomic mass is 35.5. The van der Waals surface area contributed by atoms with Crippen LogP contribution in [0.5, 0.6) is 0 Å². The lowest BCUT2D eigenvalue weighted by molar-refractivity contribution is -0.151. The van der Waals surface area contributed by atoms with Gasteiger partial charge in [-0.15, -0.1) is 0 Å². The molecule has 0 heterocycles. The van der Waals surface area contributed by atoms with Crippen LogP contribution in [0, 0.1) is 12.8 Å². The van der Waals surface area contributed by atoms with Crippen LogP contribution in [0.4, 0.5) is 5.69 Å². The van der Waals surface area contributed by atoms with Crippen LogP contribution in [-0.2, 0) is 14.3 Å². The van der Waals surface area contributed by atoms with Gasteiger partial charge in [-0.05, 0) is 37.5 Å². The standard InChI is InChI=1S/C15H20ClNO3/c1-4-11(5-2)15(19)20-9-14(18)17-13-8-6-7-12(16)10(13)3/h6-8,11H,4-5,9H2,1-3H3,(H,17,18). The fraction of sp³-hybridized carbons (Fsp3) is 0.467. The third-order valence-corrected chi connectivity index (χ3v) is 3.62. The molecule has 1 aromatic carbocycles. The monoisotopic (exact) mass is 297 g/mol. The molecule has 0 aliphatic heterocycles. The molecule has 0 atom stereocenters. The second-order valence-electron chi connectivity index (χ2n) is 4.58. The van der Waals surface area contributed by atoms with Crippen LogP contribution < -0.4 is 5.32 Å². The average molecular weight is 298 g/mol. The van der Waals surface area contributed by atoms with Crippen LogP contribution in [0.2, 0.25) is 5.02 Å². The van der Waals surface area contributed by atoms with E-state index in [1.165, 1.54) is 0 Å². The van der Waals surface area contributed by atoms with Crippen LogP contribution in [0.3, 0.4) is 0 Å². The maximum absolute atomic E-state index is 11.7. The van der Waals surface area contributed by atoms with Gasteiger partial charge in [-0.3, -0.25) is 9.59 Å². The molecule has 0 saturated heterocycles. The van der Waals surface area contributed by atoms with Crippen molar-refractivity contribution in [3.8, 4) is 0 Å². The SMILES string of the molecule is CCC(CC)C(=O)OCC(=O)Nc1cccc(Cl)c1C. The molecule has 0 unspecified atom stereocenters. The van der Waals surface area contributed by atoms with Crippen molar-refractivity contribution in [1.29, 1.82) is 0 Å². The van der Waals surface area contributed by atoms with E-state index in [4.69, 9.17) is 16.3 Å². The Hall–Kier alpha value is -1.55. The molecule has 0 fully saturated rings. The molecular formula is C15H20ClNO3. The Morgan fingerprint density at radius 3 is 2.55 bits per heavy atom. The second-order valence-corrected chi connectivity index (χ2v) is 4.99. The lowest BCUT2D eigenvalue weighted by atomic mass is 10.0. The first kappa shape index (κ1) is 16.5. The number of carbonyl (C=O) groups excluding carboxylic acids is 2. The summed E-state index contributed by atoms with van der Waals surface area (Å²) in [6, 6.07) is 5.25. The Kier molecular flexibility index (Phi) is 6.52. The highest BCUT2D eigenvalue weighted by Crippen LogP contribution is 2.22. The van der Waals surface area contributed by atoms with Gasteiger partial charge in [0.2, 0.25) is 0 Å². The number of ether oxygens (including phenoxy) is 1. The molecule has 110 valence electrons. The number of halogens is 1. The molecule has 0 spiro atoms. The molecule has 1 amide bonds. The van der Waals surface area contributed by atoms with Crippen molar-refractivity contribution in [1.82, 2.24) is 0 Å².